The van der Waals surface area contributed by atoms with Gasteiger partial charge in [0.1, 0.15) is 11.6 Å². The van der Waals surface area contributed by atoms with E-state index in [1.807, 2.05) is 43.0 Å². The molecule has 5 aliphatic rings. The molecule has 1 spiro atoms. The van der Waals surface area contributed by atoms with E-state index in [1.165, 1.54) is 12.8 Å². The van der Waals surface area contributed by atoms with Crippen LogP contribution in [0.1, 0.15) is 89.2 Å². The van der Waals surface area contributed by atoms with Gasteiger partial charge in [-0.1, -0.05) is 77.0 Å². The predicted molar refractivity (Wildman–Crippen MR) is 159 cm³/mol. The highest BCUT2D eigenvalue weighted by atomic mass is 16.5. The SMILES string of the molecule is Cc1cc(C)cc(NC(=O)[C@@H]2[C@@H]3C=C[C@]4(O3)[C@@H]2C(=O)N(C2CCCCCCC2)[C@H]4C(=O)N[C@@H]2CCC[C@@H](C)[C@@H]2C)c1. The number of aryl methyl sites for hydroxylation is 2. The van der Waals surface area contributed by atoms with Gasteiger partial charge in [-0.05, 0) is 68.2 Å². The first kappa shape index (κ1) is 28.4. The molecule has 1 aromatic rings. The number of rotatable bonds is 5. The number of ether oxygens (including phenoxy) is 1. The summed E-state index contributed by atoms with van der Waals surface area (Å²) in [6.45, 7) is 8.51. The van der Waals surface area contributed by atoms with E-state index in [4.69, 9.17) is 4.74 Å². The normalized spacial score (nSPS) is 37.0. The highest BCUT2D eigenvalue weighted by molar-refractivity contribution is 6.03. The Kier molecular flexibility index (Phi) is 7.77. The molecule has 2 bridgehead atoms. The van der Waals surface area contributed by atoms with Gasteiger partial charge in [0.25, 0.3) is 0 Å². The first-order valence-electron chi connectivity index (χ1n) is 16.1. The van der Waals surface area contributed by atoms with E-state index in [-0.39, 0.29) is 29.8 Å². The first-order chi connectivity index (χ1) is 19.7. The van der Waals surface area contributed by atoms with Gasteiger partial charge >= 0.3 is 0 Å². The third kappa shape index (κ3) is 5.02. The number of nitrogens with one attached hydrogen (secondary N) is 2. The fourth-order valence-electron chi connectivity index (χ4n) is 8.63. The molecule has 4 fully saturated rings. The number of hydrogen-bond acceptors (Lipinski definition) is 4. The molecular weight excluding hydrogens is 514 g/mol. The summed E-state index contributed by atoms with van der Waals surface area (Å²) < 4.78 is 6.63. The minimum atomic E-state index is -1.11. The summed E-state index contributed by atoms with van der Waals surface area (Å²) in [4.78, 5) is 44.6. The molecule has 6 rings (SSSR count). The first-order valence-corrected chi connectivity index (χ1v) is 16.1. The van der Waals surface area contributed by atoms with Crippen molar-refractivity contribution in [3.63, 3.8) is 0 Å². The zero-order valence-electron chi connectivity index (χ0n) is 25.2. The van der Waals surface area contributed by atoms with Crippen molar-refractivity contribution in [2.24, 2.45) is 23.7 Å². The lowest BCUT2D eigenvalue weighted by atomic mass is 9.73. The molecule has 3 aliphatic heterocycles. The van der Waals surface area contributed by atoms with Gasteiger partial charge in [-0.25, -0.2) is 0 Å². The monoisotopic (exact) mass is 561 g/mol. The summed E-state index contributed by atoms with van der Waals surface area (Å²) in [6.07, 6.45) is 14.0. The zero-order valence-corrected chi connectivity index (χ0v) is 25.2. The van der Waals surface area contributed by atoms with Crippen LogP contribution in [0.4, 0.5) is 5.69 Å². The van der Waals surface area contributed by atoms with Crippen LogP contribution in [0, 0.1) is 37.5 Å². The van der Waals surface area contributed by atoms with E-state index in [0.29, 0.717) is 11.8 Å². The van der Waals surface area contributed by atoms with Gasteiger partial charge in [-0.2, -0.15) is 0 Å². The number of likely N-dealkylation sites (tertiary alicyclic amines) is 1. The van der Waals surface area contributed by atoms with Crippen molar-refractivity contribution in [1.82, 2.24) is 10.2 Å². The van der Waals surface area contributed by atoms with Gasteiger partial charge in [0.15, 0.2) is 0 Å². The zero-order chi connectivity index (χ0) is 28.9. The summed E-state index contributed by atoms with van der Waals surface area (Å²) in [5.41, 5.74) is 1.75. The van der Waals surface area contributed by atoms with Crippen LogP contribution in [-0.2, 0) is 19.1 Å². The molecule has 0 unspecified atom stereocenters. The Hall–Kier alpha value is -2.67. The maximum atomic E-state index is 14.5. The third-order valence-electron chi connectivity index (χ3n) is 10.9. The van der Waals surface area contributed by atoms with Crippen LogP contribution in [0.2, 0.25) is 0 Å². The minimum absolute atomic E-state index is 0.0135. The Morgan fingerprint density at radius 2 is 1.59 bits per heavy atom. The van der Waals surface area contributed by atoms with Gasteiger partial charge in [-0.3, -0.25) is 14.4 Å². The standard InChI is InChI=1S/C34H47N3O4/c1-20-17-21(2)19-24(18-20)35-31(38)28-27-15-16-34(41-27)29(28)33(40)37(25-12-8-6-5-7-9-13-25)30(34)32(39)36-26-14-10-11-22(3)23(26)4/h15-19,22-23,25-30H,5-14H2,1-4H3,(H,35,38)(H,36,39)/t22-,23+,26-,27+,28-,29+,30+,34+/m1/s1. The number of carbonyl (C=O) groups excluding carboxylic acids is 3. The number of fused-ring (bicyclic) bond motifs is 1. The van der Waals surface area contributed by atoms with E-state index in [1.54, 1.807) is 0 Å². The Bertz CT molecular complexity index is 1200. The highest BCUT2D eigenvalue weighted by Crippen LogP contribution is 2.56. The number of anilines is 1. The maximum absolute atomic E-state index is 14.5. The van der Waals surface area contributed by atoms with Crippen LogP contribution in [0.15, 0.2) is 30.4 Å². The van der Waals surface area contributed by atoms with Crippen molar-refractivity contribution in [3.8, 4) is 0 Å². The largest absolute Gasteiger partial charge is 0.359 e. The number of amides is 3. The fraction of sp³-hybridized carbons (Fsp3) is 0.676. The van der Waals surface area contributed by atoms with E-state index >= 15 is 0 Å². The lowest BCUT2D eigenvalue weighted by Gasteiger charge is -2.40. The van der Waals surface area contributed by atoms with E-state index < -0.39 is 29.6 Å². The van der Waals surface area contributed by atoms with Gasteiger partial charge in [0.05, 0.1) is 17.9 Å². The molecule has 2 aliphatic carbocycles. The van der Waals surface area contributed by atoms with Crippen molar-refractivity contribution in [1.29, 1.82) is 0 Å². The molecule has 1 aromatic carbocycles. The number of carbonyl (C=O) groups is 3. The molecule has 222 valence electrons. The van der Waals surface area contributed by atoms with Gasteiger partial charge < -0.3 is 20.3 Å². The second-order valence-electron chi connectivity index (χ2n) is 13.7. The molecule has 2 saturated carbocycles. The lowest BCUT2D eigenvalue weighted by molar-refractivity contribution is -0.144. The second-order valence-corrected chi connectivity index (χ2v) is 13.7. The number of hydrogen-bond donors (Lipinski definition) is 2. The quantitative estimate of drug-likeness (QED) is 0.468. The number of benzene rings is 1. The van der Waals surface area contributed by atoms with Crippen LogP contribution in [0.3, 0.4) is 0 Å². The average molecular weight is 562 g/mol. The van der Waals surface area contributed by atoms with Crippen molar-refractivity contribution in [2.75, 3.05) is 5.32 Å². The summed E-state index contributed by atoms with van der Waals surface area (Å²) in [5, 5.41) is 6.49. The third-order valence-corrected chi connectivity index (χ3v) is 10.9. The average Bonchev–Trinajstić information content (AvgIpc) is 3.53. The van der Waals surface area contributed by atoms with Crippen LogP contribution in [-0.4, -0.2) is 52.5 Å². The van der Waals surface area contributed by atoms with Crippen molar-refractivity contribution in [2.45, 2.75) is 122 Å². The molecular formula is C34H47N3O4. The van der Waals surface area contributed by atoms with Crippen molar-refractivity contribution in [3.05, 3.63) is 41.5 Å². The van der Waals surface area contributed by atoms with Crippen molar-refractivity contribution < 1.29 is 19.1 Å². The molecule has 2 saturated heterocycles. The Morgan fingerprint density at radius 3 is 2.29 bits per heavy atom. The van der Waals surface area contributed by atoms with Crippen LogP contribution >= 0.6 is 0 Å². The summed E-state index contributed by atoms with van der Waals surface area (Å²) >= 11 is 0. The van der Waals surface area contributed by atoms with E-state index in [2.05, 4.69) is 30.5 Å². The predicted octanol–water partition coefficient (Wildman–Crippen LogP) is 5.45. The van der Waals surface area contributed by atoms with Gasteiger partial charge in [-0.15, -0.1) is 0 Å². The smallest absolute Gasteiger partial charge is 0.246 e. The van der Waals surface area contributed by atoms with Crippen LogP contribution in [0.5, 0.6) is 0 Å². The van der Waals surface area contributed by atoms with Crippen molar-refractivity contribution >= 4 is 23.4 Å². The second kappa shape index (κ2) is 11.2. The molecule has 0 aromatic heterocycles. The van der Waals surface area contributed by atoms with Gasteiger partial charge in [0, 0.05) is 17.8 Å². The molecule has 8 atom stereocenters. The van der Waals surface area contributed by atoms with E-state index in [9.17, 15) is 14.4 Å². The summed E-state index contributed by atoms with van der Waals surface area (Å²) in [6, 6.07) is 5.28. The number of nitrogens with zero attached hydrogens (tertiary/aromatic N) is 1. The molecule has 3 amide bonds. The summed E-state index contributed by atoms with van der Waals surface area (Å²) in [5.74, 6) is -0.867. The molecule has 7 nitrogen and oxygen atoms in total. The highest BCUT2D eigenvalue weighted by Gasteiger charge is 2.73. The molecule has 7 heteroatoms. The van der Waals surface area contributed by atoms with Gasteiger partial charge in [0.2, 0.25) is 17.7 Å². The maximum Gasteiger partial charge on any atom is 0.246 e. The Labute approximate surface area is 244 Å². The molecule has 3 heterocycles. The summed E-state index contributed by atoms with van der Waals surface area (Å²) in [7, 11) is 0. The minimum Gasteiger partial charge on any atom is -0.359 e. The van der Waals surface area contributed by atoms with E-state index in [0.717, 1.165) is 68.2 Å². The van der Waals surface area contributed by atoms with Crippen LogP contribution in [0.25, 0.3) is 0 Å². The van der Waals surface area contributed by atoms with Crippen LogP contribution < -0.4 is 10.6 Å². The lowest BCUT2D eigenvalue weighted by Crippen LogP contribution is -2.59. The Morgan fingerprint density at radius 1 is 0.902 bits per heavy atom. The molecule has 0 radical (unpaired) electrons. The fourth-order valence-corrected chi connectivity index (χ4v) is 8.63. The molecule has 41 heavy (non-hydrogen) atoms. The Balaban J connectivity index is 1.33. The molecule has 2 N–H and O–H groups in total. The topological polar surface area (TPSA) is 87.7 Å².